The summed E-state index contributed by atoms with van der Waals surface area (Å²) in [6.07, 6.45) is 5.00. The summed E-state index contributed by atoms with van der Waals surface area (Å²) in [7, 11) is 0. The van der Waals surface area contributed by atoms with Gasteiger partial charge < -0.3 is 14.2 Å². The summed E-state index contributed by atoms with van der Waals surface area (Å²) in [5.41, 5.74) is 0. The maximum atomic E-state index is 12.9. The maximum absolute atomic E-state index is 12.9. The van der Waals surface area contributed by atoms with Gasteiger partial charge in [0.1, 0.15) is 17.6 Å². The SMILES string of the molecule is O=C(COc1ccc(F)cc1)N1CCCC[C@H]1c1nc(C2CC2)no1. The number of ether oxygens (including phenoxy) is 1. The number of aromatic nitrogens is 2. The quantitative estimate of drug-likeness (QED) is 0.832. The molecule has 1 aromatic heterocycles. The largest absolute Gasteiger partial charge is 0.484 e. The third kappa shape index (κ3) is 3.65. The van der Waals surface area contributed by atoms with Gasteiger partial charge in [-0.2, -0.15) is 4.98 Å². The van der Waals surface area contributed by atoms with Crippen LogP contribution in [0.5, 0.6) is 5.75 Å². The lowest BCUT2D eigenvalue weighted by Crippen LogP contribution is -2.41. The fraction of sp³-hybridized carbons (Fsp3) is 0.500. The fourth-order valence-corrected chi connectivity index (χ4v) is 3.14. The van der Waals surface area contributed by atoms with Crippen molar-refractivity contribution < 1.29 is 18.4 Å². The first kappa shape index (κ1) is 16.1. The molecule has 1 atom stereocenters. The van der Waals surface area contributed by atoms with Crippen LogP contribution in [0.3, 0.4) is 0 Å². The first-order valence-corrected chi connectivity index (χ1v) is 8.72. The highest BCUT2D eigenvalue weighted by atomic mass is 19.1. The van der Waals surface area contributed by atoms with Gasteiger partial charge >= 0.3 is 0 Å². The van der Waals surface area contributed by atoms with Crippen LogP contribution in [0.2, 0.25) is 0 Å². The molecule has 0 bridgehead atoms. The van der Waals surface area contributed by atoms with Crippen LogP contribution in [-0.2, 0) is 4.79 Å². The van der Waals surface area contributed by atoms with Gasteiger partial charge in [0.05, 0.1) is 0 Å². The molecule has 1 saturated carbocycles. The van der Waals surface area contributed by atoms with E-state index in [-0.39, 0.29) is 24.4 Å². The molecule has 6 nitrogen and oxygen atoms in total. The van der Waals surface area contributed by atoms with Crippen molar-refractivity contribution in [3.05, 3.63) is 41.8 Å². The zero-order valence-electron chi connectivity index (χ0n) is 13.9. The molecular weight excluding hydrogens is 325 g/mol. The number of hydrogen-bond acceptors (Lipinski definition) is 5. The molecule has 25 heavy (non-hydrogen) atoms. The number of rotatable bonds is 5. The number of carbonyl (C=O) groups excluding carboxylic acids is 1. The minimum absolute atomic E-state index is 0.0915. The van der Waals surface area contributed by atoms with Gasteiger partial charge in [0.2, 0.25) is 5.89 Å². The zero-order valence-corrected chi connectivity index (χ0v) is 13.9. The second kappa shape index (κ2) is 6.82. The van der Waals surface area contributed by atoms with Crippen LogP contribution in [-0.4, -0.2) is 34.1 Å². The van der Waals surface area contributed by atoms with E-state index in [1.54, 1.807) is 4.90 Å². The van der Waals surface area contributed by atoms with Crippen molar-refractivity contribution in [2.75, 3.05) is 13.2 Å². The Hall–Kier alpha value is -2.44. The topological polar surface area (TPSA) is 68.5 Å². The predicted molar refractivity (Wildman–Crippen MR) is 86.5 cm³/mol. The van der Waals surface area contributed by atoms with E-state index in [9.17, 15) is 9.18 Å². The van der Waals surface area contributed by atoms with Gasteiger partial charge in [0.25, 0.3) is 5.91 Å². The first-order valence-electron chi connectivity index (χ1n) is 8.72. The Balaban J connectivity index is 1.42. The highest BCUT2D eigenvalue weighted by molar-refractivity contribution is 5.78. The zero-order chi connectivity index (χ0) is 17.2. The van der Waals surface area contributed by atoms with Crippen molar-refractivity contribution in [1.82, 2.24) is 15.0 Å². The van der Waals surface area contributed by atoms with Crippen LogP contribution < -0.4 is 4.74 Å². The summed E-state index contributed by atoms with van der Waals surface area (Å²) in [5.74, 6) is 1.72. The highest BCUT2D eigenvalue weighted by Gasteiger charge is 2.35. The molecule has 2 heterocycles. The average molecular weight is 345 g/mol. The number of piperidine rings is 1. The highest BCUT2D eigenvalue weighted by Crippen LogP contribution is 2.39. The minimum atomic E-state index is -0.336. The van der Waals surface area contributed by atoms with Crippen molar-refractivity contribution >= 4 is 5.91 Å². The van der Waals surface area contributed by atoms with Crippen molar-refractivity contribution in [3.63, 3.8) is 0 Å². The van der Waals surface area contributed by atoms with Gasteiger partial charge in [-0.05, 0) is 56.4 Å². The number of benzene rings is 1. The molecular formula is C18H20FN3O3. The number of hydrogen-bond donors (Lipinski definition) is 0. The number of carbonyl (C=O) groups is 1. The van der Waals surface area contributed by atoms with Crippen molar-refractivity contribution in [2.24, 2.45) is 0 Å². The molecule has 2 aliphatic rings. The molecule has 1 amide bonds. The Bertz CT molecular complexity index is 742. The fourth-order valence-electron chi connectivity index (χ4n) is 3.14. The smallest absolute Gasteiger partial charge is 0.261 e. The Morgan fingerprint density at radius 2 is 2.04 bits per heavy atom. The summed E-state index contributed by atoms with van der Waals surface area (Å²) < 4.78 is 23.8. The van der Waals surface area contributed by atoms with Gasteiger partial charge in [-0.15, -0.1) is 0 Å². The van der Waals surface area contributed by atoms with Gasteiger partial charge in [0, 0.05) is 12.5 Å². The molecule has 4 rings (SSSR count). The number of nitrogens with zero attached hydrogens (tertiary/aromatic N) is 3. The molecule has 1 aromatic carbocycles. The summed E-state index contributed by atoms with van der Waals surface area (Å²) >= 11 is 0. The van der Waals surface area contributed by atoms with Crippen molar-refractivity contribution in [1.29, 1.82) is 0 Å². The molecule has 132 valence electrons. The summed E-state index contributed by atoms with van der Waals surface area (Å²) in [5, 5.41) is 4.06. The third-order valence-electron chi connectivity index (χ3n) is 4.68. The molecule has 0 spiro atoms. The molecule has 2 aromatic rings. The number of likely N-dealkylation sites (tertiary alicyclic amines) is 1. The molecule has 0 radical (unpaired) electrons. The van der Waals surface area contributed by atoms with E-state index in [2.05, 4.69) is 10.1 Å². The lowest BCUT2D eigenvalue weighted by molar-refractivity contribution is -0.138. The third-order valence-corrected chi connectivity index (χ3v) is 4.68. The van der Waals surface area contributed by atoms with Gasteiger partial charge in [-0.3, -0.25) is 4.79 Å². The van der Waals surface area contributed by atoms with Gasteiger partial charge in [0.15, 0.2) is 12.4 Å². The lowest BCUT2D eigenvalue weighted by Gasteiger charge is -2.33. The predicted octanol–water partition coefficient (Wildman–Crippen LogP) is 3.22. The standard InChI is InChI=1S/C18H20FN3O3/c19-13-6-8-14(9-7-13)24-11-16(23)22-10-2-1-3-15(22)18-20-17(21-25-18)12-4-5-12/h6-9,12,15H,1-5,10-11H2/t15-/m0/s1. The monoisotopic (exact) mass is 345 g/mol. The Morgan fingerprint density at radius 1 is 1.24 bits per heavy atom. The molecule has 1 aliphatic carbocycles. The first-order chi connectivity index (χ1) is 12.2. The average Bonchev–Trinajstić information content (AvgIpc) is 3.38. The van der Waals surface area contributed by atoms with Crippen LogP contribution in [0, 0.1) is 5.82 Å². The van der Waals surface area contributed by atoms with Crippen LogP contribution in [0.1, 0.15) is 55.8 Å². The second-order valence-electron chi connectivity index (χ2n) is 6.61. The van der Waals surface area contributed by atoms with Crippen molar-refractivity contribution in [2.45, 2.75) is 44.1 Å². The van der Waals surface area contributed by atoms with E-state index in [0.29, 0.717) is 24.1 Å². The van der Waals surface area contributed by atoms with Crippen LogP contribution in [0.25, 0.3) is 0 Å². The Labute approximate surface area is 145 Å². The molecule has 0 unspecified atom stereocenters. The van der Waals surface area contributed by atoms with Gasteiger partial charge in [-0.25, -0.2) is 4.39 Å². The summed E-state index contributed by atoms with van der Waals surface area (Å²) in [4.78, 5) is 18.9. The molecule has 1 aliphatic heterocycles. The van der Waals surface area contributed by atoms with E-state index in [1.165, 1.54) is 24.3 Å². The van der Waals surface area contributed by atoms with E-state index in [1.807, 2.05) is 0 Å². The number of halogens is 1. The Morgan fingerprint density at radius 3 is 2.80 bits per heavy atom. The summed E-state index contributed by atoms with van der Waals surface area (Å²) in [6, 6.07) is 5.45. The van der Waals surface area contributed by atoms with Gasteiger partial charge in [-0.1, -0.05) is 5.16 Å². The van der Waals surface area contributed by atoms with Crippen LogP contribution in [0.4, 0.5) is 4.39 Å². The minimum Gasteiger partial charge on any atom is -0.484 e. The lowest BCUT2D eigenvalue weighted by atomic mass is 10.0. The Kier molecular flexibility index (Phi) is 4.38. The van der Waals surface area contributed by atoms with Crippen LogP contribution in [0.15, 0.2) is 28.8 Å². The van der Waals surface area contributed by atoms with Crippen LogP contribution >= 0.6 is 0 Å². The molecule has 0 N–H and O–H groups in total. The van der Waals surface area contributed by atoms with Crippen molar-refractivity contribution in [3.8, 4) is 5.75 Å². The molecule has 1 saturated heterocycles. The van der Waals surface area contributed by atoms with E-state index >= 15 is 0 Å². The van der Waals surface area contributed by atoms with E-state index < -0.39 is 0 Å². The van der Waals surface area contributed by atoms with E-state index in [4.69, 9.17) is 9.26 Å². The number of amides is 1. The maximum Gasteiger partial charge on any atom is 0.261 e. The molecule has 2 fully saturated rings. The molecule has 7 heteroatoms. The van der Waals surface area contributed by atoms with E-state index in [0.717, 1.165) is 37.9 Å². The normalized spacial score (nSPS) is 20.5. The second-order valence-corrected chi connectivity index (χ2v) is 6.61. The summed E-state index contributed by atoms with van der Waals surface area (Å²) in [6.45, 7) is 0.559.